The van der Waals surface area contributed by atoms with Crippen molar-refractivity contribution >= 4 is 22.7 Å². The molecule has 0 heterocycles. The Morgan fingerprint density at radius 2 is 1.17 bits per heavy atom. The molecule has 2 aromatic carbocycles. The predicted molar refractivity (Wildman–Crippen MR) is 125 cm³/mol. The minimum absolute atomic E-state index is 0.0651. The molecule has 0 fully saturated rings. The number of nitrogens with zero attached hydrogens (tertiary/aromatic N) is 3. The van der Waals surface area contributed by atoms with Crippen LogP contribution in [0.15, 0.2) is 83.4 Å². The van der Waals surface area contributed by atoms with Crippen molar-refractivity contribution in [1.82, 2.24) is 0 Å². The molecule has 4 nitrogen and oxygen atoms in total. The Bertz CT molecular complexity index is 875. The van der Waals surface area contributed by atoms with Gasteiger partial charge in [0.2, 0.25) is 0 Å². The Kier molecular flexibility index (Phi) is 6.68. The fourth-order valence-corrected chi connectivity index (χ4v) is 3.27. The van der Waals surface area contributed by atoms with Crippen LogP contribution < -0.4 is 9.80 Å². The predicted octanol–water partition coefficient (Wildman–Crippen LogP) is 4.18. The zero-order valence-corrected chi connectivity index (χ0v) is 17.6. The number of hydrogen-bond donors (Lipinski definition) is 1. The lowest BCUT2D eigenvalue weighted by Gasteiger charge is -2.18. The molecular weight excluding hydrogens is 358 g/mol. The number of allylic oxidation sites excluding steroid dienone is 5. The van der Waals surface area contributed by atoms with Crippen LogP contribution in [0.1, 0.15) is 11.1 Å². The molecule has 0 unspecified atom stereocenters. The van der Waals surface area contributed by atoms with Gasteiger partial charge in [0.15, 0.2) is 0 Å². The van der Waals surface area contributed by atoms with Gasteiger partial charge in [0, 0.05) is 39.6 Å². The molecule has 0 atom stereocenters. The molecule has 0 saturated heterocycles. The first-order valence-corrected chi connectivity index (χ1v) is 9.81. The highest BCUT2D eigenvalue weighted by Gasteiger charge is 2.12. The number of aliphatic hydroxyl groups excluding tert-OH is 1. The minimum Gasteiger partial charge on any atom is -0.394 e. The Morgan fingerprint density at radius 1 is 0.724 bits per heavy atom. The van der Waals surface area contributed by atoms with Crippen molar-refractivity contribution < 1.29 is 5.11 Å². The van der Waals surface area contributed by atoms with Crippen LogP contribution in [0.5, 0.6) is 0 Å². The van der Waals surface area contributed by atoms with Crippen molar-refractivity contribution in [3.05, 3.63) is 89.5 Å². The van der Waals surface area contributed by atoms with Gasteiger partial charge < -0.3 is 14.9 Å². The van der Waals surface area contributed by atoms with Gasteiger partial charge in [-0.25, -0.2) is 0 Å². The number of hydrogen-bond acceptors (Lipinski definition) is 4. The monoisotopic (exact) mass is 387 g/mol. The SMILES string of the molecule is CN(C)c1ccc(C(=C2C=CC(=NCCO)C=C2)c2ccc(N(C)C)cc2)cc1. The average molecular weight is 388 g/mol. The van der Waals surface area contributed by atoms with Crippen LogP contribution in [0.25, 0.3) is 5.57 Å². The summed E-state index contributed by atoms with van der Waals surface area (Å²) in [6.45, 7) is 0.490. The molecule has 3 rings (SSSR count). The zero-order chi connectivity index (χ0) is 20.8. The normalized spacial score (nSPS) is 12.9. The summed E-state index contributed by atoms with van der Waals surface area (Å²) in [5, 5.41) is 8.99. The van der Waals surface area contributed by atoms with Crippen molar-refractivity contribution in [2.75, 3.05) is 51.1 Å². The molecule has 0 aliphatic heterocycles. The molecule has 4 heteroatoms. The molecule has 29 heavy (non-hydrogen) atoms. The highest BCUT2D eigenvalue weighted by Crippen LogP contribution is 2.31. The molecule has 1 aliphatic carbocycles. The van der Waals surface area contributed by atoms with E-state index in [1.165, 1.54) is 28.1 Å². The highest BCUT2D eigenvalue weighted by atomic mass is 16.3. The van der Waals surface area contributed by atoms with Crippen LogP contribution in [0.3, 0.4) is 0 Å². The largest absolute Gasteiger partial charge is 0.394 e. The van der Waals surface area contributed by atoms with E-state index in [4.69, 9.17) is 5.11 Å². The smallest absolute Gasteiger partial charge is 0.0628 e. The van der Waals surface area contributed by atoms with Crippen molar-refractivity contribution in [3.8, 4) is 0 Å². The van der Waals surface area contributed by atoms with E-state index in [2.05, 4.69) is 75.5 Å². The number of rotatable bonds is 6. The molecule has 2 aromatic rings. The second kappa shape index (κ2) is 9.39. The maximum atomic E-state index is 8.99. The summed E-state index contributed by atoms with van der Waals surface area (Å²) in [6.07, 6.45) is 8.22. The molecule has 0 amide bonds. The Hall–Kier alpha value is -3.11. The molecule has 0 bridgehead atoms. The summed E-state index contributed by atoms with van der Waals surface area (Å²) in [4.78, 5) is 8.57. The van der Waals surface area contributed by atoms with Crippen molar-refractivity contribution in [2.24, 2.45) is 4.99 Å². The average Bonchev–Trinajstić information content (AvgIpc) is 2.74. The molecule has 0 aromatic heterocycles. The number of aliphatic hydroxyl groups is 1. The van der Waals surface area contributed by atoms with Gasteiger partial charge in [-0.2, -0.15) is 0 Å². The van der Waals surface area contributed by atoms with E-state index in [1.54, 1.807) is 0 Å². The van der Waals surface area contributed by atoms with Crippen molar-refractivity contribution in [2.45, 2.75) is 0 Å². The second-order valence-corrected chi connectivity index (χ2v) is 7.41. The Balaban J connectivity index is 2.06. The molecular formula is C25H29N3O. The van der Waals surface area contributed by atoms with E-state index in [9.17, 15) is 0 Å². The third-order valence-corrected chi connectivity index (χ3v) is 4.90. The summed E-state index contributed by atoms with van der Waals surface area (Å²) >= 11 is 0. The summed E-state index contributed by atoms with van der Waals surface area (Å²) < 4.78 is 0. The summed E-state index contributed by atoms with van der Waals surface area (Å²) in [6, 6.07) is 17.3. The third kappa shape index (κ3) is 5.04. The zero-order valence-electron chi connectivity index (χ0n) is 17.6. The van der Waals surface area contributed by atoms with E-state index in [-0.39, 0.29) is 6.61 Å². The van der Waals surface area contributed by atoms with Crippen LogP contribution in [-0.2, 0) is 0 Å². The fraction of sp³-hybridized carbons (Fsp3) is 0.240. The number of anilines is 2. The number of benzene rings is 2. The Morgan fingerprint density at radius 3 is 1.55 bits per heavy atom. The first kappa shape index (κ1) is 20.6. The van der Waals surface area contributed by atoms with Crippen LogP contribution in [0.2, 0.25) is 0 Å². The molecule has 0 spiro atoms. The maximum Gasteiger partial charge on any atom is 0.0628 e. The van der Waals surface area contributed by atoms with Gasteiger partial charge in [-0.1, -0.05) is 36.4 Å². The van der Waals surface area contributed by atoms with Gasteiger partial charge in [-0.05, 0) is 58.7 Å². The summed E-state index contributed by atoms with van der Waals surface area (Å²) in [5.41, 5.74) is 7.91. The first-order chi connectivity index (χ1) is 14.0. The molecule has 150 valence electrons. The molecule has 0 radical (unpaired) electrons. The summed E-state index contributed by atoms with van der Waals surface area (Å²) in [5.74, 6) is 0. The Labute approximate surface area is 173 Å². The van der Waals surface area contributed by atoms with E-state index < -0.39 is 0 Å². The van der Waals surface area contributed by atoms with Crippen LogP contribution in [-0.4, -0.2) is 52.2 Å². The van der Waals surface area contributed by atoms with E-state index in [0.29, 0.717) is 6.54 Å². The van der Waals surface area contributed by atoms with E-state index in [0.717, 1.165) is 11.3 Å². The first-order valence-electron chi connectivity index (χ1n) is 9.81. The van der Waals surface area contributed by atoms with Gasteiger partial charge in [-0.15, -0.1) is 0 Å². The second-order valence-electron chi connectivity index (χ2n) is 7.41. The number of aliphatic imine (C=N–C) groups is 1. The van der Waals surface area contributed by atoms with Gasteiger partial charge in [0.05, 0.1) is 18.9 Å². The van der Waals surface area contributed by atoms with Crippen molar-refractivity contribution in [1.29, 1.82) is 0 Å². The van der Waals surface area contributed by atoms with Gasteiger partial charge in [0.25, 0.3) is 0 Å². The molecule has 1 aliphatic rings. The minimum atomic E-state index is 0.0651. The molecule has 1 N–H and O–H groups in total. The highest BCUT2D eigenvalue weighted by molar-refractivity contribution is 6.07. The lowest BCUT2D eigenvalue weighted by molar-refractivity contribution is 0.307. The maximum absolute atomic E-state index is 8.99. The van der Waals surface area contributed by atoms with Gasteiger partial charge in [0.1, 0.15) is 0 Å². The van der Waals surface area contributed by atoms with E-state index in [1.807, 2.05) is 40.3 Å². The fourth-order valence-electron chi connectivity index (χ4n) is 3.27. The van der Waals surface area contributed by atoms with Crippen molar-refractivity contribution in [3.63, 3.8) is 0 Å². The van der Waals surface area contributed by atoms with Gasteiger partial charge in [-0.3, -0.25) is 4.99 Å². The standard InChI is InChI=1S/C25H29N3O/c1-27(2)23-13-7-20(8-14-23)25(21-9-15-24(16-10-21)28(3)4)19-5-11-22(12-6-19)26-17-18-29/h5-16,29H,17-18H2,1-4H3. The summed E-state index contributed by atoms with van der Waals surface area (Å²) in [7, 11) is 8.20. The van der Waals surface area contributed by atoms with Crippen LogP contribution >= 0.6 is 0 Å². The lowest BCUT2D eigenvalue weighted by atomic mass is 9.90. The van der Waals surface area contributed by atoms with Crippen LogP contribution in [0.4, 0.5) is 11.4 Å². The quantitative estimate of drug-likeness (QED) is 0.808. The lowest BCUT2D eigenvalue weighted by Crippen LogP contribution is -2.08. The van der Waals surface area contributed by atoms with E-state index >= 15 is 0 Å². The topological polar surface area (TPSA) is 39.1 Å². The van der Waals surface area contributed by atoms with Crippen LogP contribution in [0, 0.1) is 0 Å². The van der Waals surface area contributed by atoms with Gasteiger partial charge >= 0.3 is 0 Å². The molecule has 0 saturated carbocycles. The third-order valence-electron chi connectivity index (χ3n) is 4.90.